The van der Waals surface area contributed by atoms with Gasteiger partial charge in [0.1, 0.15) is 0 Å². The maximum absolute atomic E-state index is 12.5. The second kappa shape index (κ2) is 6.41. The summed E-state index contributed by atoms with van der Waals surface area (Å²) in [5.74, 6) is -0.289. The van der Waals surface area contributed by atoms with E-state index in [1.807, 2.05) is 0 Å². The first-order valence-corrected chi connectivity index (χ1v) is 7.19. The van der Waals surface area contributed by atoms with Crippen molar-refractivity contribution in [3.8, 4) is 0 Å². The van der Waals surface area contributed by atoms with Gasteiger partial charge in [-0.2, -0.15) is 0 Å². The quantitative estimate of drug-likeness (QED) is 0.613. The smallest absolute Gasteiger partial charge is 0.271 e. The Labute approximate surface area is 126 Å². The van der Waals surface area contributed by atoms with Crippen molar-refractivity contribution in [2.75, 3.05) is 13.1 Å². The number of hydrogen-bond acceptors (Lipinski definition) is 3. The Hall–Kier alpha value is -1.33. The van der Waals surface area contributed by atoms with Gasteiger partial charge in [-0.05, 0) is 12.8 Å². The molecule has 1 saturated heterocycles. The van der Waals surface area contributed by atoms with E-state index in [4.69, 9.17) is 23.2 Å². The molecule has 0 aliphatic carbocycles. The van der Waals surface area contributed by atoms with Gasteiger partial charge in [-0.15, -0.1) is 0 Å². The van der Waals surface area contributed by atoms with Crippen LogP contribution in [-0.4, -0.2) is 28.8 Å². The van der Waals surface area contributed by atoms with Crippen LogP contribution < -0.4 is 0 Å². The third kappa shape index (κ3) is 3.22. The van der Waals surface area contributed by atoms with Gasteiger partial charge >= 0.3 is 0 Å². The fraction of sp³-hybridized carbons (Fsp3) is 0.462. The van der Waals surface area contributed by atoms with E-state index in [0.29, 0.717) is 13.1 Å². The highest BCUT2D eigenvalue weighted by molar-refractivity contribution is 6.44. The summed E-state index contributed by atoms with van der Waals surface area (Å²) in [6.07, 6.45) is 4.05. The van der Waals surface area contributed by atoms with Crippen LogP contribution in [0.3, 0.4) is 0 Å². The largest absolute Gasteiger partial charge is 0.339 e. The molecule has 0 spiro atoms. The first kappa shape index (κ1) is 15.1. The summed E-state index contributed by atoms with van der Waals surface area (Å²) >= 11 is 11.9. The molecule has 2 rings (SSSR count). The third-order valence-corrected chi connectivity index (χ3v) is 4.15. The van der Waals surface area contributed by atoms with Crippen LogP contribution in [0.15, 0.2) is 12.1 Å². The fourth-order valence-electron chi connectivity index (χ4n) is 2.28. The van der Waals surface area contributed by atoms with E-state index in [9.17, 15) is 14.9 Å². The number of nitrogens with zero attached hydrogens (tertiary/aromatic N) is 2. The standard InChI is InChI=1S/C13H14Cl2N2O3/c14-11-8-9(17(19)20)7-10(12(11)15)13(18)16-5-3-1-2-4-6-16/h7-8H,1-6H2. The molecular formula is C13H14Cl2N2O3. The van der Waals surface area contributed by atoms with Crippen LogP contribution in [0.1, 0.15) is 36.0 Å². The minimum Gasteiger partial charge on any atom is -0.339 e. The van der Waals surface area contributed by atoms with Gasteiger partial charge in [0.25, 0.3) is 11.6 Å². The van der Waals surface area contributed by atoms with Crippen LogP contribution in [0.5, 0.6) is 0 Å². The number of non-ortho nitro benzene ring substituents is 1. The molecule has 108 valence electrons. The van der Waals surface area contributed by atoms with E-state index >= 15 is 0 Å². The summed E-state index contributed by atoms with van der Waals surface area (Å²) in [6.45, 7) is 1.30. The molecule has 0 radical (unpaired) electrons. The van der Waals surface area contributed by atoms with Gasteiger partial charge in [-0.3, -0.25) is 14.9 Å². The Balaban J connectivity index is 2.35. The van der Waals surface area contributed by atoms with Gasteiger partial charge in [0.15, 0.2) is 0 Å². The minimum absolute atomic E-state index is 0.0269. The van der Waals surface area contributed by atoms with Gasteiger partial charge in [0.05, 0.1) is 20.5 Å². The van der Waals surface area contributed by atoms with Crippen molar-refractivity contribution in [2.45, 2.75) is 25.7 Å². The molecule has 0 N–H and O–H groups in total. The molecule has 1 amide bonds. The Morgan fingerprint density at radius 3 is 2.30 bits per heavy atom. The summed E-state index contributed by atoms with van der Waals surface area (Å²) in [7, 11) is 0. The van der Waals surface area contributed by atoms with Gasteiger partial charge in [-0.1, -0.05) is 36.0 Å². The molecule has 0 atom stereocenters. The fourth-order valence-corrected chi connectivity index (χ4v) is 2.68. The average molecular weight is 317 g/mol. The molecule has 1 aliphatic rings. The number of hydrogen-bond donors (Lipinski definition) is 0. The number of rotatable bonds is 2. The second-order valence-electron chi connectivity index (χ2n) is 4.75. The molecule has 7 heteroatoms. The van der Waals surface area contributed by atoms with Crippen molar-refractivity contribution in [1.82, 2.24) is 4.90 Å². The maximum Gasteiger partial charge on any atom is 0.271 e. The molecule has 0 saturated carbocycles. The van der Waals surface area contributed by atoms with Crippen LogP contribution in [-0.2, 0) is 0 Å². The molecule has 1 aromatic rings. The highest BCUT2D eigenvalue weighted by atomic mass is 35.5. The second-order valence-corrected chi connectivity index (χ2v) is 5.54. The van der Waals surface area contributed by atoms with E-state index < -0.39 is 4.92 Å². The number of nitro benzene ring substituents is 1. The summed E-state index contributed by atoms with van der Waals surface area (Å²) in [5, 5.41) is 11.0. The van der Waals surface area contributed by atoms with Crippen molar-refractivity contribution in [3.05, 3.63) is 37.9 Å². The molecule has 1 fully saturated rings. The summed E-state index contributed by atoms with van der Waals surface area (Å²) in [4.78, 5) is 24.4. The lowest BCUT2D eigenvalue weighted by atomic mass is 10.1. The van der Waals surface area contributed by atoms with E-state index in [0.717, 1.165) is 31.7 Å². The van der Waals surface area contributed by atoms with Crippen LogP contribution >= 0.6 is 23.2 Å². The zero-order valence-electron chi connectivity index (χ0n) is 10.8. The first-order valence-electron chi connectivity index (χ1n) is 6.43. The number of halogens is 2. The number of amides is 1. The summed E-state index contributed by atoms with van der Waals surface area (Å²) < 4.78 is 0. The Morgan fingerprint density at radius 1 is 1.15 bits per heavy atom. The van der Waals surface area contributed by atoms with Crippen molar-refractivity contribution < 1.29 is 9.72 Å². The summed E-state index contributed by atoms with van der Waals surface area (Å²) in [5.41, 5.74) is -0.120. The Morgan fingerprint density at radius 2 is 1.75 bits per heavy atom. The van der Waals surface area contributed by atoms with Gasteiger partial charge in [0, 0.05) is 25.2 Å². The lowest BCUT2D eigenvalue weighted by Crippen LogP contribution is -2.32. The van der Waals surface area contributed by atoms with Gasteiger partial charge in [0.2, 0.25) is 0 Å². The van der Waals surface area contributed by atoms with Gasteiger partial charge in [-0.25, -0.2) is 0 Å². The number of carbonyl (C=O) groups is 1. The van der Waals surface area contributed by atoms with E-state index in [-0.39, 0.29) is 27.2 Å². The van der Waals surface area contributed by atoms with E-state index in [2.05, 4.69) is 0 Å². The molecule has 5 nitrogen and oxygen atoms in total. The highest BCUT2D eigenvalue weighted by Gasteiger charge is 2.24. The van der Waals surface area contributed by atoms with Crippen molar-refractivity contribution in [1.29, 1.82) is 0 Å². The Bertz CT molecular complexity index is 541. The molecular weight excluding hydrogens is 303 g/mol. The lowest BCUT2D eigenvalue weighted by molar-refractivity contribution is -0.384. The topological polar surface area (TPSA) is 63.4 Å². The molecule has 0 unspecified atom stereocenters. The highest BCUT2D eigenvalue weighted by Crippen LogP contribution is 2.32. The van der Waals surface area contributed by atoms with Crippen molar-refractivity contribution in [2.24, 2.45) is 0 Å². The summed E-state index contributed by atoms with van der Waals surface area (Å²) in [6, 6.07) is 2.35. The first-order chi connectivity index (χ1) is 9.50. The normalized spacial score (nSPS) is 15.8. The zero-order chi connectivity index (χ0) is 14.7. The van der Waals surface area contributed by atoms with Crippen LogP contribution in [0, 0.1) is 10.1 Å². The SMILES string of the molecule is O=C(c1cc([N+](=O)[O-])cc(Cl)c1Cl)N1CCCCCC1. The number of likely N-dealkylation sites (tertiary alicyclic amines) is 1. The molecule has 1 aliphatic heterocycles. The molecule has 20 heavy (non-hydrogen) atoms. The van der Waals surface area contributed by atoms with E-state index in [1.54, 1.807) is 4.90 Å². The molecule has 1 aromatic carbocycles. The minimum atomic E-state index is -0.582. The predicted octanol–water partition coefficient (Wildman–Crippen LogP) is 3.92. The third-order valence-electron chi connectivity index (χ3n) is 3.35. The monoisotopic (exact) mass is 316 g/mol. The predicted molar refractivity (Wildman–Crippen MR) is 77.5 cm³/mol. The number of carbonyl (C=O) groups excluding carboxylic acids is 1. The van der Waals surface area contributed by atoms with Crippen LogP contribution in [0.25, 0.3) is 0 Å². The zero-order valence-corrected chi connectivity index (χ0v) is 12.3. The average Bonchev–Trinajstić information content (AvgIpc) is 2.69. The van der Waals surface area contributed by atoms with Crippen molar-refractivity contribution in [3.63, 3.8) is 0 Å². The number of benzene rings is 1. The van der Waals surface area contributed by atoms with Crippen LogP contribution in [0.4, 0.5) is 5.69 Å². The van der Waals surface area contributed by atoms with Crippen molar-refractivity contribution >= 4 is 34.8 Å². The molecule has 0 aromatic heterocycles. The molecule has 1 heterocycles. The lowest BCUT2D eigenvalue weighted by Gasteiger charge is -2.21. The number of nitro groups is 1. The van der Waals surface area contributed by atoms with E-state index in [1.165, 1.54) is 6.07 Å². The molecule has 0 bridgehead atoms. The van der Waals surface area contributed by atoms with Gasteiger partial charge < -0.3 is 4.90 Å². The van der Waals surface area contributed by atoms with Crippen LogP contribution in [0.2, 0.25) is 10.0 Å². The Kier molecular flexibility index (Phi) is 4.83. The maximum atomic E-state index is 12.5.